The molecular formula is C12H13N3O3. The molecule has 94 valence electrons. The topological polar surface area (TPSA) is 92.6 Å². The minimum Gasteiger partial charge on any atom is -0.478 e. The number of pyridine rings is 1. The van der Waals surface area contributed by atoms with Gasteiger partial charge in [0.1, 0.15) is 0 Å². The molecular weight excluding hydrogens is 234 g/mol. The van der Waals surface area contributed by atoms with Crippen molar-refractivity contribution in [3.8, 4) is 0 Å². The lowest BCUT2D eigenvalue weighted by atomic mass is 10.2. The van der Waals surface area contributed by atoms with Crippen LogP contribution in [0.25, 0.3) is 0 Å². The van der Waals surface area contributed by atoms with Gasteiger partial charge in [0.2, 0.25) is 0 Å². The molecule has 2 aromatic heterocycles. The molecule has 0 aliphatic carbocycles. The molecule has 0 unspecified atom stereocenters. The summed E-state index contributed by atoms with van der Waals surface area (Å²) >= 11 is 0. The van der Waals surface area contributed by atoms with Crippen LogP contribution in [0.15, 0.2) is 35.3 Å². The summed E-state index contributed by atoms with van der Waals surface area (Å²) < 4.78 is 4.97. The Labute approximate surface area is 104 Å². The number of carboxylic acids is 1. The highest BCUT2D eigenvalue weighted by molar-refractivity contribution is 5.96. The molecule has 0 aliphatic heterocycles. The van der Waals surface area contributed by atoms with Gasteiger partial charge in [-0.2, -0.15) is 0 Å². The van der Waals surface area contributed by atoms with Gasteiger partial charge in [0.25, 0.3) is 0 Å². The molecule has 3 N–H and O–H groups in total. The first-order chi connectivity index (χ1) is 8.59. The van der Waals surface area contributed by atoms with E-state index >= 15 is 0 Å². The number of hydrogen-bond donors (Lipinski definition) is 2. The first kappa shape index (κ1) is 12.0. The van der Waals surface area contributed by atoms with Crippen molar-refractivity contribution in [2.75, 3.05) is 17.7 Å². The van der Waals surface area contributed by atoms with Crippen molar-refractivity contribution < 1.29 is 14.3 Å². The average Bonchev–Trinajstić information content (AvgIpc) is 2.81. The number of hydrogen-bond acceptors (Lipinski definition) is 5. The molecule has 2 heterocycles. The van der Waals surface area contributed by atoms with Gasteiger partial charge in [0.15, 0.2) is 5.82 Å². The van der Waals surface area contributed by atoms with E-state index < -0.39 is 5.97 Å². The number of carbonyl (C=O) groups is 1. The first-order valence-corrected chi connectivity index (χ1v) is 5.29. The number of nitrogens with two attached hydrogens (primary N) is 1. The third-order valence-electron chi connectivity index (χ3n) is 2.56. The minimum atomic E-state index is -1.06. The Hall–Kier alpha value is -2.50. The molecule has 0 bridgehead atoms. The molecule has 0 spiro atoms. The number of nitrogens with zero attached hydrogens (tertiary/aromatic N) is 2. The third kappa shape index (κ3) is 2.27. The van der Waals surface area contributed by atoms with Gasteiger partial charge in [0, 0.05) is 25.4 Å². The molecule has 0 aromatic carbocycles. The Morgan fingerprint density at radius 1 is 1.56 bits per heavy atom. The van der Waals surface area contributed by atoms with Gasteiger partial charge in [-0.15, -0.1) is 0 Å². The lowest BCUT2D eigenvalue weighted by Gasteiger charge is -2.19. The van der Waals surface area contributed by atoms with Gasteiger partial charge in [-0.05, 0) is 12.1 Å². The Morgan fingerprint density at radius 3 is 2.94 bits per heavy atom. The van der Waals surface area contributed by atoms with Crippen LogP contribution in [0.4, 0.5) is 11.5 Å². The van der Waals surface area contributed by atoms with E-state index in [1.807, 2.05) is 6.07 Å². The maximum atomic E-state index is 11.0. The number of rotatable bonds is 4. The van der Waals surface area contributed by atoms with E-state index in [2.05, 4.69) is 4.98 Å². The number of anilines is 2. The Balaban J connectivity index is 2.27. The second kappa shape index (κ2) is 4.79. The summed E-state index contributed by atoms with van der Waals surface area (Å²) in [5, 5.41) is 8.99. The molecule has 0 atom stereocenters. The fourth-order valence-electron chi connectivity index (χ4n) is 1.68. The van der Waals surface area contributed by atoms with Crippen molar-refractivity contribution in [2.24, 2.45) is 0 Å². The normalized spacial score (nSPS) is 10.3. The van der Waals surface area contributed by atoms with Crippen molar-refractivity contribution in [1.82, 2.24) is 4.98 Å². The summed E-state index contributed by atoms with van der Waals surface area (Å²) in [6.45, 7) is 0.538. The Bertz CT molecular complexity index is 552. The van der Waals surface area contributed by atoms with Gasteiger partial charge in [-0.3, -0.25) is 0 Å². The fraction of sp³-hybridized carbons (Fsp3) is 0.167. The van der Waals surface area contributed by atoms with Gasteiger partial charge in [-0.25, -0.2) is 9.78 Å². The maximum Gasteiger partial charge on any atom is 0.337 e. The summed E-state index contributed by atoms with van der Waals surface area (Å²) in [4.78, 5) is 16.9. The Morgan fingerprint density at radius 2 is 2.33 bits per heavy atom. The van der Waals surface area contributed by atoms with Crippen LogP contribution in [0.2, 0.25) is 0 Å². The van der Waals surface area contributed by atoms with Crippen LogP contribution in [0.3, 0.4) is 0 Å². The smallest absolute Gasteiger partial charge is 0.337 e. The van der Waals surface area contributed by atoms with Crippen molar-refractivity contribution in [1.29, 1.82) is 0 Å². The lowest BCUT2D eigenvalue weighted by molar-refractivity contribution is 0.0698. The highest BCUT2D eigenvalue weighted by atomic mass is 16.4. The van der Waals surface area contributed by atoms with Gasteiger partial charge < -0.3 is 20.2 Å². The quantitative estimate of drug-likeness (QED) is 0.852. The predicted molar refractivity (Wildman–Crippen MR) is 66.4 cm³/mol. The molecule has 6 nitrogen and oxygen atoms in total. The van der Waals surface area contributed by atoms with Crippen molar-refractivity contribution in [3.63, 3.8) is 0 Å². The van der Waals surface area contributed by atoms with Crippen LogP contribution in [0, 0.1) is 0 Å². The molecule has 0 saturated heterocycles. The zero-order chi connectivity index (χ0) is 13.1. The van der Waals surface area contributed by atoms with Crippen LogP contribution in [0.1, 0.15) is 15.9 Å². The van der Waals surface area contributed by atoms with E-state index in [0.29, 0.717) is 12.4 Å². The predicted octanol–water partition coefficient (Wildman–Crippen LogP) is 1.59. The average molecular weight is 247 g/mol. The van der Waals surface area contributed by atoms with Crippen LogP contribution in [-0.2, 0) is 6.54 Å². The molecule has 0 saturated carbocycles. The van der Waals surface area contributed by atoms with Crippen LogP contribution in [-0.4, -0.2) is 23.1 Å². The van der Waals surface area contributed by atoms with E-state index in [-0.39, 0.29) is 11.3 Å². The zero-order valence-corrected chi connectivity index (χ0v) is 9.83. The minimum absolute atomic E-state index is 0.0547. The third-order valence-corrected chi connectivity index (χ3v) is 2.56. The van der Waals surface area contributed by atoms with Crippen LogP contribution in [0.5, 0.6) is 0 Å². The molecule has 0 fully saturated rings. The van der Waals surface area contributed by atoms with Gasteiger partial charge >= 0.3 is 5.97 Å². The first-order valence-electron chi connectivity index (χ1n) is 5.29. The standard InChI is InChI=1S/C12H13N3O3/c1-15(6-8-3-5-18-7-8)11-10(13)9(12(16)17)2-4-14-11/h2-5,7H,6,13H2,1H3,(H,16,17). The number of aromatic nitrogens is 1. The van der Waals surface area contributed by atoms with E-state index in [1.165, 1.54) is 12.3 Å². The van der Waals surface area contributed by atoms with Crippen LogP contribution < -0.4 is 10.6 Å². The molecule has 2 rings (SSSR count). The number of nitrogen functional groups attached to an aromatic ring is 1. The largest absolute Gasteiger partial charge is 0.478 e. The Kier molecular flexibility index (Phi) is 3.18. The maximum absolute atomic E-state index is 11.0. The fourth-order valence-corrected chi connectivity index (χ4v) is 1.68. The van der Waals surface area contributed by atoms with Crippen molar-refractivity contribution in [3.05, 3.63) is 42.0 Å². The molecule has 6 heteroatoms. The molecule has 0 radical (unpaired) electrons. The SMILES string of the molecule is CN(Cc1ccoc1)c1nccc(C(=O)O)c1N. The summed E-state index contributed by atoms with van der Waals surface area (Å²) in [6, 6.07) is 3.21. The van der Waals surface area contributed by atoms with E-state index in [1.54, 1.807) is 24.5 Å². The van der Waals surface area contributed by atoms with Crippen LogP contribution >= 0.6 is 0 Å². The van der Waals surface area contributed by atoms with Crippen molar-refractivity contribution >= 4 is 17.5 Å². The number of carboxylic acid groups (broad SMARTS) is 1. The second-order valence-corrected chi connectivity index (χ2v) is 3.89. The highest BCUT2D eigenvalue weighted by Crippen LogP contribution is 2.24. The molecule has 2 aromatic rings. The van der Waals surface area contributed by atoms with Crippen molar-refractivity contribution in [2.45, 2.75) is 6.54 Å². The second-order valence-electron chi connectivity index (χ2n) is 3.89. The summed E-state index contributed by atoms with van der Waals surface area (Å²) in [6.07, 6.45) is 4.63. The lowest BCUT2D eigenvalue weighted by Crippen LogP contribution is -2.20. The number of furan rings is 1. The monoisotopic (exact) mass is 247 g/mol. The molecule has 18 heavy (non-hydrogen) atoms. The summed E-state index contributed by atoms with van der Waals surface area (Å²) in [5.74, 6) is -0.621. The summed E-state index contributed by atoms with van der Waals surface area (Å²) in [5.41, 5.74) is 6.98. The summed E-state index contributed by atoms with van der Waals surface area (Å²) in [7, 11) is 1.79. The molecule has 0 amide bonds. The van der Waals surface area contributed by atoms with Gasteiger partial charge in [0.05, 0.1) is 23.8 Å². The molecule has 0 aliphatic rings. The van der Waals surface area contributed by atoms with E-state index in [9.17, 15) is 4.79 Å². The zero-order valence-electron chi connectivity index (χ0n) is 9.83. The van der Waals surface area contributed by atoms with E-state index in [4.69, 9.17) is 15.3 Å². The number of aromatic carboxylic acids is 1. The van der Waals surface area contributed by atoms with Gasteiger partial charge in [-0.1, -0.05) is 0 Å². The highest BCUT2D eigenvalue weighted by Gasteiger charge is 2.15. The van der Waals surface area contributed by atoms with E-state index in [0.717, 1.165) is 5.56 Å².